The minimum absolute atomic E-state index is 0. The zero-order chi connectivity index (χ0) is 19.3. The van der Waals surface area contributed by atoms with Crippen molar-refractivity contribution in [1.29, 1.82) is 0 Å². The molecule has 1 N–H and O–H groups in total. The van der Waals surface area contributed by atoms with Gasteiger partial charge in [-0.15, -0.1) is 24.0 Å². The minimum Gasteiger partial charge on any atom is -0.368 e. The molecular formula is C17H32IN5O4S. The highest BCUT2D eigenvalue weighted by atomic mass is 127. The maximum absolute atomic E-state index is 12.4. The summed E-state index contributed by atoms with van der Waals surface area (Å²) in [5.41, 5.74) is 0. The van der Waals surface area contributed by atoms with Crippen molar-refractivity contribution >= 4 is 45.7 Å². The lowest BCUT2D eigenvalue weighted by Gasteiger charge is -2.37. The Kier molecular flexibility index (Phi) is 9.22. The van der Waals surface area contributed by atoms with Crippen molar-refractivity contribution in [3.8, 4) is 0 Å². The second-order valence-electron chi connectivity index (χ2n) is 7.28. The predicted octanol–water partition coefficient (Wildman–Crippen LogP) is -0.767. The first-order chi connectivity index (χ1) is 13.0. The standard InChI is InChI=1S/C17H31N5O4S.HI/c1-18-17(19-4-5-20-10-13-27(24,25)14-11-20)22-8-6-21(7-9-22)16(23)15-3-2-12-26-15;/h15H,2-14H2,1H3,(H,18,19);1H. The zero-order valence-electron chi connectivity index (χ0n) is 16.5. The van der Waals surface area contributed by atoms with Crippen molar-refractivity contribution < 1.29 is 17.9 Å². The molecule has 3 saturated heterocycles. The molecule has 28 heavy (non-hydrogen) atoms. The maximum Gasteiger partial charge on any atom is 0.251 e. The molecule has 1 amide bonds. The normalized spacial score (nSPS) is 26.0. The predicted molar refractivity (Wildman–Crippen MR) is 119 cm³/mol. The molecule has 3 aliphatic heterocycles. The highest BCUT2D eigenvalue weighted by Gasteiger charge is 2.31. The van der Waals surface area contributed by atoms with Gasteiger partial charge in [-0.3, -0.25) is 14.7 Å². The Morgan fingerprint density at radius 1 is 1.11 bits per heavy atom. The van der Waals surface area contributed by atoms with Gasteiger partial charge >= 0.3 is 0 Å². The van der Waals surface area contributed by atoms with E-state index in [2.05, 4.69) is 20.1 Å². The number of amides is 1. The van der Waals surface area contributed by atoms with E-state index in [1.165, 1.54) is 0 Å². The van der Waals surface area contributed by atoms with Crippen LogP contribution in [0.15, 0.2) is 4.99 Å². The van der Waals surface area contributed by atoms with Gasteiger partial charge in [0, 0.05) is 66.0 Å². The first-order valence-corrected chi connectivity index (χ1v) is 11.6. The van der Waals surface area contributed by atoms with Crippen LogP contribution in [0.2, 0.25) is 0 Å². The summed E-state index contributed by atoms with van der Waals surface area (Å²) >= 11 is 0. The number of nitrogens with one attached hydrogen (secondary N) is 1. The third-order valence-electron chi connectivity index (χ3n) is 5.46. The van der Waals surface area contributed by atoms with E-state index < -0.39 is 9.84 Å². The Bertz CT molecular complexity index is 632. The summed E-state index contributed by atoms with van der Waals surface area (Å²) in [5, 5.41) is 3.36. The number of hydrogen-bond donors (Lipinski definition) is 1. The van der Waals surface area contributed by atoms with Crippen molar-refractivity contribution in [3.05, 3.63) is 0 Å². The largest absolute Gasteiger partial charge is 0.368 e. The number of halogens is 1. The molecule has 1 unspecified atom stereocenters. The van der Waals surface area contributed by atoms with Crippen LogP contribution in [0, 0.1) is 0 Å². The number of guanidine groups is 1. The Labute approximate surface area is 184 Å². The van der Waals surface area contributed by atoms with Gasteiger partial charge < -0.3 is 19.9 Å². The number of ether oxygens (including phenoxy) is 1. The van der Waals surface area contributed by atoms with Gasteiger partial charge in [-0.25, -0.2) is 8.42 Å². The highest BCUT2D eigenvalue weighted by Crippen LogP contribution is 2.16. The first kappa shape index (κ1) is 23.6. The molecular weight excluding hydrogens is 497 g/mol. The molecule has 3 fully saturated rings. The molecule has 0 aromatic carbocycles. The molecule has 0 radical (unpaired) electrons. The van der Waals surface area contributed by atoms with E-state index >= 15 is 0 Å². The Hall–Kier alpha value is -0.660. The second-order valence-corrected chi connectivity index (χ2v) is 9.59. The van der Waals surface area contributed by atoms with E-state index in [-0.39, 0.29) is 47.5 Å². The lowest BCUT2D eigenvalue weighted by atomic mass is 10.2. The van der Waals surface area contributed by atoms with Crippen LogP contribution in [0.3, 0.4) is 0 Å². The Morgan fingerprint density at radius 3 is 2.32 bits per heavy atom. The lowest BCUT2D eigenvalue weighted by Crippen LogP contribution is -2.56. The molecule has 1 atom stereocenters. The summed E-state index contributed by atoms with van der Waals surface area (Å²) in [6.45, 7) is 6.29. The third kappa shape index (κ3) is 6.42. The highest BCUT2D eigenvalue weighted by molar-refractivity contribution is 14.0. The molecule has 3 rings (SSSR count). The topological polar surface area (TPSA) is 94.5 Å². The van der Waals surface area contributed by atoms with Crippen LogP contribution in [0.4, 0.5) is 0 Å². The number of rotatable bonds is 4. The van der Waals surface area contributed by atoms with Crippen LogP contribution in [-0.2, 0) is 19.4 Å². The average molecular weight is 529 g/mol. The Morgan fingerprint density at radius 2 is 1.75 bits per heavy atom. The van der Waals surface area contributed by atoms with Crippen molar-refractivity contribution in [2.24, 2.45) is 4.99 Å². The lowest BCUT2D eigenvalue weighted by molar-refractivity contribution is -0.142. The van der Waals surface area contributed by atoms with E-state index in [1.54, 1.807) is 7.05 Å². The molecule has 0 spiro atoms. The van der Waals surface area contributed by atoms with Gasteiger partial charge in [0.2, 0.25) is 0 Å². The maximum atomic E-state index is 12.4. The SMILES string of the molecule is CN=C(NCCN1CCS(=O)(=O)CC1)N1CCN(C(=O)C2CCCO2)CC1.I. The fraction of sp³-hybridized carbons (Fsp3) is 0.882. The van der Waals surface area contributed by atoms with E-state index in [0.717, 1.165) is 45.0 Å². The van der Waals surface area contributed by atoms with E-state index in [0.29, 0.717) is 32.8 Å². The summed E-state index contributed by atoms with van der Waals surface area (Å²) < 4.78 is 28.5. The molecule has 0 aromatic rings. The van der Waals surface area contributed by atoms with Crippen LogP contribution in [0.5, 0.6) is 0 Å². The smallest absolute Gasteiger partial charge is 0.251 e. The van der Waals surface area contributed by atoms with Gasteiger partial charge in [0.05, 0.1) is 11.5 Å². The van der Waals surface area contributed by atoms with Gasteiger partial charge in [-0.05, 0) is 12.8 Å². The first-order valence-electron chi connectivity index (χ1n) is 9.77. The fourth-order valence-electron chi connectivity index (χ4n) is 3.75. The van der Waals surface area contributed by atoms with Crippen molar-refractivity contribution in [2.75, 3.05) is 77.5 Å². The van der Waals surface area contributed by atoms with Gasteiger partial charge in [-0.2, -0.15) is 0 Å². The van der Waals surface area contributed by atoms with Gasteiger partial charge in [-0.1, -0.05) is 0 Å². The van der Waals surface area contributed by atoms with Gasteiger partial charge in [0.25, 0.3) is 5.91 Å². The van der Waals surface area contributed by atoms with Crippen LogP contribution < -0.4 is 5.32 Å². The molecule has 0 bridgehead atoms. The van der Waals surface area contributed by atoms with Crippen molar-refractivity contribution in [2.45, 2.75) is 18.9 Å². The average Bonchev–Trinajstić information content (AvgIpc) is 3.21. The van der Waals surface area contributed by atoms with E-state index in [4.69, 9.17) is 4.74 Å². The molecule has 11 heteroatoms. The summed E-state index contributed by atoms with van der Waals surface area (Å²) in [5.74, 6) is 1.46. The van der Waals surface area contributed by atoms with Crippen LogP contribution >= 0.6 is 24.0 Å². The van der Waals surface area contributed by atoms with E-state index in [1.807, 2.05) is 4.90 Å². The number of sulfone groups is 1. The molecule has 3 heterocycles. The number of nitrogens with zero attached hydrogens (tertiary/aromatic N) is 4. The number of aliphatic imine (C=N–C) groups is 1. The number of piperazine rings is 1. The monoisotopic (exact) mass is 529 g/mol. The molecule has 0 saturated carbocycles. The van der Waals surface area contributed by atoms with Crippen LogP contribution in [0.1, 0.15) is 12.8 Å². The third-order valence-corrected chi connectivity index (χ3v) is 7.07. The summed E-state index contributed by atoms with van der Waals surface area (Å²) in [7, 11) is -1.07. The van der Waals surface area contributed by atoms with Crippen molar-refractivity contribution in [3.63, 3.8) is 0 Å². The quantitative estimate of drug-likeness (QED) is 0.291. The Balaban J connectivity index is 0.00000280. The molecule has 0 aromatic heterocycles. The number of carbonyl (C=O) groups excluding carboxylic acids is 1. The zero-order valence-corrected chi connectivity index (χ0v) is 19.7. The molecule has 0 aliphatic carbocycles. The van der Waals surface area contributed by atoms with Crippen LogP contribution in [-0.4, -0.2) is 119 Å². The van der Waals surface area contributed by atoms with Gasteiger partial charge in [0.15, 0.2) is 15.8 Å². The minimum atomic E-state index is -2.83. The summed E-state index contributed by atoms with van der Waals surface area (Å²) in [6, 6.07) is 0. The van der Waals surface area contributed by atoms with E-state index in [9.17, 15) is 13.2 Å². The van der Waals surface area contributed by atoms with Crippen molar-refractivity contribution in [1.82, 2.24) is 20.0 Å². The number of hydrogen-bond acceptors (Lipinski definition) is 6. The second kappa shape index (κ2) is 10.9. The summed E-state index contributed by atoms with van der Waals surface area (Å²) in [4.78, 5) is 23.0. The molecule has 162 valence electrons. The number of carbonyl (C=O) groups is 1. The summed E-state index contributed by atoms with van der Waals surface area (Å²) in [6.07, 6.45) is 1.55. The molecule has 3 aliphatic rings. The van der Waals surface area contributed by atoms with Crippen LogP contribution in [0.25, 0.3) is 0 Å². The fourth-order valence-corrected chi connectivity index (χ4v) is 5.02. The van der Waals surface area contributed by atoms with Gasteiger partial charge in [0.1, 0.15) is 6.10 Å². The molecule has 9 nitrogen and oxygen atoms in total.